The lowest BCUT2D eigenvalue weighted by molar-refractivity contribution is -0.140. The predicted molar refractivity (Wildman–Crippen MR) is 122 cm³/mol. The van der Waals surface area contributed by atoms with Crippen LogP contribution in [0.1, 0.15) is 22.9 Å². The standard InChI is InChI=1S/C26H22FNO6/c1-3-12-33-18-9-6-16(7-10-18)23-22(24(29)17-8-11-21(32-2)20(27)14-17)25(30)26(31)28(23)15-19-5-4-13-34-19/h3-11,13-14,23,29H,1,12,15H2,2H3/b24-22+. The van der Waals surface area contributed by atoms with Gasteiger partial charge in [-0.05, 0) is 48.0 Å². The molecule has 4 rings (SSSR count). The third-order valence-corrected chi connectivity index (χ3v) is 5.44. The van der Waals surface area contributed by atoms with Crippen molar-refractivity contribution in [1.29, 1.82) is 0 Å². The van der Waals surface area contributed by atoms with E-state index in [1.807, 2.05) is 0 Å². The Bertz CT molecular complexity index is 1250. The second-order valence-corrected chi connectivity index (χ2v) is 7.52. The van der Waals surface area contributed by atoms with Gasteiger partial charge in [-0.1, -0.05) is 24.8 Å². The van der Waals surface area contributed by atoms with Crippen molar-refractivity contribution in [2.45, 2.75) is 12.6 Å². The smallest absolute Gasteiger partial charge is 0.296 e. The molecule has 34 heavy (non-hydrogen) atoms. The average Bonchev–Trinajstić information content (AvgIpc) is 3.45. The van der Waals surface area contributed by atoms with Crippen LogP contribution >= 0.6 is 0 Å². The zero-order valence-corrected chi connectivity index (χ0v) is 18.4. The molecule has 0 spiro atoms. The van der Waals surface area contributed by atoms with E-state index in [1.165, 1.54) is 30.4 Å². The third-order valence-electron chi connectivity index (χ3n) is 5.44. The lowest BCUT2D eigenvalue weighted by atomic mass is 9.95. The first kappa shape index (κ1) is 22.8. The maximum atomic E-state index is 14.3. The topological polar surface area (TPSA) is 89.2 Å². The summed E-state index contributed by atoms with van der Waals surface area (Å²) in [6, 6.07) is 13.0. The molecule has 1 amide bonds. The SMILES string of the molecule is C=CCOc1ccc(C2/C(=C(\O)c3ccc(OC)c(F)c3)C(=O)C(=O)N2Cc2ccco2)cc1. The Morgan fingerprint density at radius 1 is 1.21 bits per heavy atom. The largest absolute Gasteiger partial charge is 0.507 e. The second-order valence-electron chi connectivity index (χ2n) is 7.52. The molecule has 174 valence electrons. The first-order chi connectivity index (χ1) is 16.4. The molecule has 1 unspecified atom stereocenters. The van der Waals surface area contributed by atoms with Crippen molar-refractivity contribution < 1.29 is 33.0 Å². The van der Waals surface area contributed by atoms with Gasteiger partial charge in [-0.3, -0.25) is 9.59 Å². The lowest BCUT2D eigenvalue weighted by Crippen LogP contribution is -2.29. The molecule has 1 saturated heterocycles. The van der Waals surface area contributed by atoms with Crippen LogP contribution in [-0.4, -0.2) is 35.4 Å². The molecule has 0 saturated carbocycles. The summed E-state index contributed by atoms with van der Waals surface area (Å²) in [5.41, 5.74) is 0.457. The van der Waals surface area contributed by atoms with Crippen LogP contribution in [0.4, 0.5) is 4.39 Å². The van der Waals surface area contributed by atoms with Crippen molar-refractivity contribution in [3.63, 3.8) is 0 Å². The molecule has 1 atom stereocenters. The number of carbonyl (C=O) groups excluding carboxylic acids is 2. The van der Waals surface area contributed by atoms with Gasteiger partial charge in [0.2, 0.25) is 0 Å². The molecule has 3 aromatic rings. The summed E-state index contributed by atoms with van der Waals surface area (Å²) in [7, 11) is 1.32. The van der Waals surface area contributed by atoms with Crippen molar-refractivity contribution in [1.82, 2.24) is 4.90 Å². The molecule has 1 aliphatic rings. The molecule has 8 heteroatoms. The molecular formula is C26H22FNO6. The normalized spacial score (nSPS) is 17.1. The van der Waals surface area contributed by atoms with E-state index in [0.717, 1.165) is 6.07 Å². The highest BCUT2D eigenvalue weighted by atomic mass is 19.1. The number of furan rings is 1. The van der Waals surface area contributed by atoms with E-state index in [1.54, 1.807) is 42.5 Å². The maximum absolute atomic E-state index is 14.3. The van der Waals surface area contributed by atoms with Gasteiger partial charge in [0.15, 0.2) is 11.6 Å². The number of nitrogens with zero attached hydrogens (tertiary/aromatic N) is 1. The summed E-state index contributed by atoms with van der Waals surface area (Å²) in [6.07, 6.45) is 3.08. The number of aliphatic hydroxyl groups excluding tert-OH is 1. The molecule has 1 aromatic heterocycles. The Labute approximate surface area is 195 Å². The fourth-order valence-corrected chi connectivity index (χ4v) is 3.83. The van der Waals surface area contributed by atoms with Crippen LogP contribution in [0.3, 0.4) is 0 Å². The highest BCUT2D eigenvalue weighted by Crippen LogP contribution is 2.41. The number of hydrogen-bond donors (Lipinski definition) is 1. The number of aliphatic hydroxyl groups is 1. The number of likely N-dealkylation sites (tertiary alicyclic amines) is 1. The van der Waals surface area contributed by atoms with E-state index in [2.05, 4.69) is 6.58 Å². The Morgan fingerprint density at radius 2 is 1.97 bits per heavy atom. The number of rotatable bonds is 8. The number of carbonyl (C=O) groups is 2. The average molecular weight is 463 g/mol. The number of ketones is 1. The maximum Gasteiger partial charge on any atom is 0.296 e. The van der Waals surface area contributed by atoms with E-state index >= 15 is 0 Å². The fourth-order valence-electron chi connectivity index (χ4n) is 3.83. The van der Waals surface area contributed by atoms with Gasteiger partial charge in [0.25, 0.3) is 11.7 Å². The summed E-state index contributed by atoms with van der Waals surface area (Å²) < 4.78 is 30.1. The number of amides is 1. The molecule has 2 aromatic carbocycles. The third kappa shape index (κ3) is 4.30. The summed E-state index contributed by atoms with van der Waals surface area (Å²) in [5.74, 6) is -1.85. The first-order valence-electron chi connectivity index (χ1n) is 10.4. The van der Waals surface area contributed by atoms with Crippen LogP contribution in [0.15, 0.2) is 83.5 Å². The van der Waals surface area contributed by atoms with Crippen LogP contribution in [-0.2, 0) is 16.1 Å². The van der Waals surface area contributed by atoms with Gasteiger partial charge in [0, 0.05) is 5.56 Å². The molecule has 1 fully saturated rings. The van der Waals surface area contributed by atoms with Crippen LogP contribution in [0.25, 0.3) is 5.76 Å². The fraction of sp³-hybridized carbons (Fsp3) is 0.154. The van der Waals surface area contributed by atoms with Crippen LogP contribution in [0, 0.1) is 5.82 Å². The van der Waals surface area contributed by atoms with E-state index in [9.17, 15) is 19.1 Å². The van der Waals surface area contributed by atoms with Gasteiger partial charge in [0.1, 0.15) is 23.9 Å². The minimum absolute atomic E-state index is 0.00467. The molecule has 2 heterocycles. The van der Waals surface area contributed by atoms with Gasteiger partial charge in [-0.25, -0.2) is 4.39 Å². The predicted octanol–water partition coefficient (Wildman–Crippen LogP) is 4.61. The summed E-state index contributed by atoms with van der Waals surface area (Å²) in [4.78, 5) is 27.4. The number of halogens is 1. The Hall–Kier alpha value is -4.33. The van der Waals surface area contributed by atoms with Crippen molar-refractivity contribution in [2.75, 3.05) is 13.7 Å². The Kier molecular flexibility index (Phi) is 6.49. The lowest BCUT2D eigenvalue weighted by Gasteiger charge is -2.24. The minimum Gasteiger partial charge on any atom is -0.507 e. The number of methoxy groups -OCH3 is 1. The Balaban J connectivity index is 1.81. The van der Waals surface area contributed by atoms with E-state index in [4.69, 9.17) is 13.9 Å². The number of benzene rings is 2. The van der Waals surface area contributed by atoms with Crippen molar-refractivity contribution in [3.8, 4) is 11.5 Å². The van der Waals surface area contributed by atoms with Gasteiger partial charge in [0.05, 0.1) is 31.5 Å². The molecular weight excluding hydrogens is 441 g/mol. The highest BCUT2D eigenvalue weighted by Gasteiger charge is 2.46. The zero-order valence-electron chi connectivity index (χ0n) is 18.4. The summed E-state index contributed by atoms with van der Waals surface area (Å²) in [6.45, 7) is 3.93. The van der Waals surface area contributed by atoms with E-state index < -0.39 is 29.3 Å². The summed E-state index contributed by atoms with van der Waals surface area (Å²) >= 11 is 0. The zero-order chi connectivity index (χ0) is 24.2. The van der Waals surface area contributed by atoms with Crippen molar-refractivity contribution in [3.05, 3.63) is 102 Å². The van der Waals surface area contributed by atoms with Gasteiger partial charge in [-0.2, -0.15) is 0 Å². The molecule has 1 aliphatic heterocycles. The number of hydrogen-bond acceptors (Lipinski definition) is 6. The summed E-state index contributed by atoms with van der Waals surface area (Å²) in [5, 5.41) is 11.1. The van der Waals surface area contributed by atoms with Crippen LogP contribution in [0.5, 0.6) is 11.5 Å². The quantitative estimate of drug-likeness (QED) is 0.227. The molecule has 0 radical (unpaired) electrons. The van der Waals surface area contributed by atoms with Gasteiger partial charge in [-0.15, -0.1) is 0 Å². The molecule has 0 aliphatic carbocycles. The number of Topliss-reactive ketones (excluding diaryl/α,β-unsaturated/α-hetero) is 1. The van der Waals surface area contributed by atoms with Crippen molar-refractivity contribution in [2.24, 2.45) is 0 Å². The van der Waals surface area contributed by atoms with Crippen LogP contribution in [0.2, 0.25) is 0 Å². The highest BCUT2D eigenvalue weighted by molar-refractivity contribution is 6.46. The minimum atomic E-state index is -0.927. The molecule has 1 N–H and O–H groups in total. The monoisotopic (exact) mass is 463 g/mol. The molecule has 0 bridgehead atoms. The number of ether oxygens (including phenoxy) is 2. The van der Waals surface area contributed by atoms with Crippen LogP contribution < -0.4 is 9.47 Å². The molecule has 7 nitrogen and oxygen atoms in total. The van der Waals surface area contributed by atoms with Gasteiger partial charge < -0.3 is 23.9 Å². The first-order valence-corrected chi connectivity index (χ1v) is 10.4. The Morgan fingerprint density at radius 3 is 2.59 bits per heavy atom. The van der Waals surface area contributed by atoms with E-state index in [-0.39, 0.29) is 23.4 Å². The van der Waals surface area contributed by atoms with Gasteiger partial charge >= 0.3 is 0 Å². The second kappa shape index (κ2) is 9.66. The van der Waals surface area contributed by atoms with E-state index in [0.29, 0.717) is 23.7 Å². The van der Waals surface area contributed by atoms with Crippen molar-refractivity contribution >= 4 is 17.4 Å².